The third kappa shape index (κ3) is 30.7. The van der Waals surface area contributed by atoms with Gasteiger partial charge in [0.15, 0.2) is 0 Å². The first kappa shape index (κ1) is 93.9. The van der Waals surface area contributed by atoms with E-state index in [0.29, 0.717) is 87.3 Å². The second-order valence-corrected chi connectivity index (χ2v) is 28.0. The SMILES string of the molecule is C.Cc1cc(NC(=O)Nc2cccc(C)c2F)c(Br)cn1.Cc1cc(NC(=O)Nc2cccc(C)c2F)cc(Cl)n1.Cc1cc(NC(=O)Nc2cccc(C)c2F)ccn1.Cc1cc(NC(=O)Nc2cccc(C)c2F)ccn1.Cc1ccc(Cl)c(NC(=O)Nc2ccnc(C)c2)c1.Cc1cccc(NC(=O)Nc2ccnc(C)c2Br)c1F. The molecule has 0 atom stereocenters. The van der Waals surface area contributed by atoms with Gasteiger partial charge in [-0.2, -0.15) is 0 Å². The molecule has 33 heteroatoms. The first-order valence-electron chi connectivity index (χ1n) is 35.2. The number of hydrogen-bond acceptors (Lipinski definition) is 12. The lowest BCUT2D eigenvalue weighted by Gasteiger charge is -2.11. The number of halogens is 9. The molecule has 12 amide bonds. The molecule has 12 N–H and O–H groups in total. The molecule has 6 heterocycles. The molecule has 0 aliphatic rings. The van der Waals surface area contributed by atoms with E-state index in [9.17, 15) is 50.7 Å². The number of anilines is 12. The normalized spacial score (nSPS) is 10.0. The Balaban J connectivity index is 0.000000219. The molecule has 0 aliphatic carbocycles. The lowest BCUT2D eigenvalue weighted by Crippen LogP contribution is -2.20. The van der Waals surface area contributed by atoms with Crippen LogP contribution in [0.2, 0.25) is 10.2 Å². The van der Waals surface area contributed by atoms with Gasteiger partial charge in [-0.3, -0.25) is 24.9 Å². The smallest absolute Gasteiger partial charge is 0.308 e. The van der Waals surface area contributed by atoms with Crippen molar-refractivity contribution in [1.29, 1.82) is 0 Å². The number of amides is 12. The van der Waals surface area contributed by atoms with Crippen LogP contribution in [0.25, 0.3) is 0 Å². The summed E-state index contributed by atoms with van der Waals surface area (Å²) in [6, 6.07) is 43.6. The van der Waals surface area contributed by atoms with Crippen molar-refractivity contribution < 1.29 is 50.7 Å². The fourth-order valence-corrected chi connectivity index (χ4v) is 11.1. The van der Waals surface area contributed by atoms with Gasteiger partial charge in [0.05, 0.1) is 65.2 Å². The molecule has 6 aromatic carbocycles. The van der Waals surface area contributed by atoms with E-state index in [1.807, 2.05) is 53.7 Å². The number of urea groups is 6. The van der Waals surface area contributed by atoms with Gasteiger partial charge in [-0.05, 0) is 251 Å². The highest BCUT2D eigenvalue weighted by Crippen LogP contribution is 2.29. The zero-order chi connectivity index (χ0) is 85.6. The number of nitrogens with one attached hydrogen (secondary N) is 12. The van der Waals surface area contributed by atoms with Crippen molar-refractivity contribution in [3.63, 3.8) is 0 Å². The third-order valence-corrected chi connectivity index (χ3v) is 17.9. The summed E-state index contributed by atoms with van der Waals surface area (Å²) in [4.78, 5) is 95.2. The fourth-order valence-electron chi connectivity index (χ4n) is 10.00. The minimum absolute atomic E-state index is 0. The van der Waals surface area contributed by atoms with Crippen LogP contribution in [-0.4, -0.2) is 66.1 Å². The maximum atomic E-state index is 13.8. The van der Waals surface area contributed by atoms with E-state index in [1.165, 1.54) is 36.4 Å². The largest absolute Gasteiger partial charge is 0.323 e. The van der Waals surface area contributed by atoms with Crippen LogP contribution in [0.15, 0.2) is 210 Å². The Morgan fingerprint density at radius 1 is 0.305 bits per heavy atom. The van der Waals surface area contributed by atoms with Crippen molar-refractivity contribution in [2.45, 2.75) is 90.5 Å². The van der Waals surface area contributed by atoms with Crippen LogP contribution in [0.5, 0.6) is 0 Å². The Bertz CT molecular complexity index is 5210. The molecule has 0 saturated carbocycles. The van der Waals surface area contributed by atoms with Gasteiger partial charge in [0, 0.05) is 82.2 Å². The molecule has 6 aromatic heterocycles. The Morgan fingerprint density at radius 3 is 0.966 bits per heavy atom. The minimum Gasteiger partial charge on any atom is -0.308 e. The summed E-state index contributed by atoms with van der Waals surface area (Å²) in [6.07, 6.45) is 8.02. The van der Waals surface area contributed by atoms with Crippen molar-refractivity contribution in [3.8, 4) is 0 Å². The molecule has 12 rings (SSSR count). The second-order valence-electron chi connectivity index (χ2n) is 25.6. The van der Waals surface area contributed by atoms with Gasteiger partial charge in [-0.25, -0.2) is 55.7 Å². The van der Waals surface area contributed by atoms with Gasteiger partial charge in [0.2, 0.25) is 0 Å². The summed E-state index contributed by atoms with van der Waals surface area (Å²) in [7, 11) is 0. The molecule has 614 valence electrons. The number of carbonyl (C=O) groups is 6. The van der Waals surface area contributed by atoms with E-state index in [-0.39, 0.29) is 47.0 Å². The molecule has 0 fully saturated rings. The molecule has 0 aliphatic heterocycles. The van der Waals surface area contributed by atoms with Crippen LogP contribution in [0.4, 0.5) is 119 Å². The minimum atomic E-state index is -0.545. The first-order chi connectivity index (χ1) is 55.6. The van der Waals surface area contributed by atoms with Crippen molar-refractivity contribution >= 4 is 159 Å². The zero-order valence-electron chi connectivity index (χ0n) is 65.1. The number of aromatic nitrogens is 6. The van der Waals surface area contributed by atoms with E-state index >= 15 is 0 Å². The summed E-state index contributed by atoms with van der Waals surface area (Å²) in [5.74, 6) is -2.18. The number of benzene rings is 6. The first-order valence-corrected chi connectivity index (χ1v) is 37.6. The molecule has 12 aromatic rings. The highest BCUT2D eigenvalue weighted by molar-refractivity contribution is 9.11. The average molecular weight is 1780 g/mol. The monoisotopic (exact) mass is 1780 g/mol. The van der Waals surface area contributed by atoms with Crippen molar-refractivity contribution in [2.24, 2.45) is 0 Å². The molecule has 0 spiro atoms. The number of rotatable bonds is 12. The lowest BCUT2D eigenvalue weighted by atomic mass is 10.2. The molecule has 0 saturated heterocycles. The Kier molecular flexibility index (Phi) is 36.6. The van der Waals surface area contributed by atoms with Gasteiger partial charge in [0.1, 0.15) is 34.2 Å². The maximum absolute atomic E-state index is 13.8. The van der Waals surface area contributed by atoms with Crippen LogP contribution >= 0.6 is 55.1 Å². The molecular weight excluding hydrogens is 1690 g/mol. The van der Waals surface area contributed by atoms with Crippen LogP contribution in [-0.2, 0) is 0 Å². The number of pyridine rings is 6. The van der Waals surface area contributed by atoms with Crippen molar-refractivity contribution in [1.82, 2.24) is 29.9 Å². The quantitative estimate of drug-likeness (QED) is 0.0401. The zero-order valence-corrected chi connectivity index (χ0v) is 69.8. The Morgan fingerprint density at radius 2 is 0.610 bits per heavy atom. The number of hydrogen-bond donors (Lipinski definition) is 12. The predicted octanol–water partition coefficient (Wildman–Crippen LogP) is 24.2. The highest BCUT2D eigenvalue weighted by atomic mass is 79.9. The van der Waals surface area contributed by atoms with Gasteiger partial charge < -0.3 is 63.8 Å². The number of nitrogens with zero attached hydrogens (tertiary/aromatic N) is 6. The standard InChI is InChI=1S/2C14H13BrFN3O.C14H13ClFN3O.C14H14ClN3O.2C14H14FN3O.CH4/c1-8-4-3-5-11(13(8)16)18-14(20)19-12-6-9(2)17-7-10(12)15;1-8-4-3-5-11(13(8)16)19-14(20)18-10-6-7-17-9(2)12(10)15;1-8-4-3-5-11(13(8)16)19-14(20)18-10-6-9(2)17-12(15)7-10;1-9-3-4-12(15)13(7-9)18-14(19)17-11-5-6-16-10(2)8-11;2*1-9-4-3-5-12(13(9)15)18-14(19)17-11-6-7-16-10(2)8-11;/h3*3-7H,1-2H3,(H2,17,18,19,20);3*3-8H,1-2H3,(H2,16,17,18,19);1H4. The molecule has 0 bridgehead atoms. The fraction of sp³-hybridized carbons (Fsp3) is 0.153. The van der Waals surface area contributed by atoms with E-state index in [4.69, 9.17) is 23.2 Å². The predicted molar refractivity (Wildman–Crippen MR) is 469 cm³/mol. The second kappa shape index (κ2) is 45.9. The summed E-state index contributed by atoms with van der Waals surface area (Å²) in [5.41, 5.74) is 12.9. The number of carbonyl (C=O) groups excluding carboxylic acids is 6. The lowest BCUT2D eigenvalue weighted by molar-refractivity contribution is 0.261. The topological polar surface area (TPSA) is 324 Å². The Labute approximate surface area is 706 Å². The van der Waals surface area contributed by atoms with Crippen molar-refractivity contribution in [2.75, 3.05) is 63.8 Å². The Hall–Kier alpha value is -13.0. The molecular formula is C85H85Br2Cl2F5N18O6. The van der Waals surface area contributed by atoms with Gasteiger partial charge in [-0.15, -0.1) is 0 Å². The molecule has 118 heavy (non-hydrogen) atoms. The summed E-state index contributed by atoms with van der Waals surface area (Å²) < 4.78 is 70.1. The average Bonchev–Trinajstić information content (AvgIpc) is 0.863. The van der Waals surface area contributed by atoms with Crippen LogP contribution in [0.1, 0.15) is 75.0 Å². The van der Waals surface area contributed by atoms with E-state index in [2.05, 4.69) is 126 Å². The van der Waals surface area contributed by atoms with Crippen molar-refractivity contribution in [3.05, 3.63) is 317 Å². The van der Waals surface area contributed by atoms with E-state index in [1.54, 1.807) is 194 Å². The van der Waals surface area contributed by atoms with E-state index in [0.717, 1.165) is 34.0 Å². The summed E-state index contributed by atoms with van der Waals surface area (Å²) >= 11 is 18.4. The molecule has 0 radical (unpaired) electrons. The molecule has 0 unspecified atom stereocenters. The maximum Gasteiger partial charge on any atom is 0.323 e. The summed E-state index contributed by atoms with van der Waals surface area (Å²) in [6.45, 7) is 21.0. The van der Waals surface area contributed by atoms with Crippen LogP contribution in [0.3, 0.4) is 0 Å². The highest BCUT2D eigenvalue weighted by Gasteiger charge is 2.17. The van der Waals surface area contributed by atoms with Gasteiger partial charge in [-0.1, -0.05) is 97.4 Å². The summed E-state index contributed by atoms with van der Waals surface area (Å²) in [5, 5.41) is 31.7. The van der Waals surface area contributed by atoms with Gasteiger partial charge >= 0.3 is 36.2 Å². The van der Waals surface area contributed by atoms with Crippen LogP contribution < -0.4 is 63.8 Å². The number of aryl methyl sites for hydroxylation is 12. The van der Waals surface area contributed by atoms with Gasteiger partial charge in [0.25, 0.3) is 0 Å². The van der Waals surface area contributed by atoms with E-state index < -0.39 is 59.2 Å². The third-order valence-electron chi connectivity index (χ3n) is 15.8. The molecule has 24 nitrogen and oxygen atoms in total. The van der Waals surface area contributed by atoms with Crippen LogP contribution in [0, 0.1) is 112 Å².